The number of halogens is 1. The van der Waals surface area contributed by atoms with Crippen molar-refractivity contribution in [2.45, 2.75) is 20.3 Å². The number of aryl methyl sites for hydroxylation is 1. The number of aromatic nitrogens is 3. The van der Waals surface area contributed by atoms with Crippen molar-refractivity contribution < 1.29 is 4.79 Å². The van der Waals surface area contributed by atoms with E-state index in [-0.39, 0.29) is 5.78 Å². The SMILES string of the molecule is CCC(=O)c1cccc(Nc2ncc(-c3c(C)nc4cc(Cl)ccn34)s2)c1. The van der Waals surface area contributed by atoms with Crippen LogP contribution in [0.4, 0.5) is 10.8 Å². The third-order valence-electron chi connectivity index (χ3n) is 4.26. The normalized spacial score (nSPS) is 11.1. The second kappa shape index (κ2) is 7.13. The average Bonchev–Trinajstić information content (AvgIpc) is 3.23. The Morgan fingerprint density at radius 3 is 2.96 bits per heavy atom. The molecule has 0 aliphatic rings. The second-order valence-electron chi connectivity index (χ2n) is 6.13. The molecule has 27 heavy (non-hydrogen) atoms. The van der Waals surface area contributed by atoms with E-state index in [1.165, 1.54) is 11.3 Å². The predicted octanol–water partition coefficient (Wildman–Crippen LogP) is 5.76. The van der Waals surface area contributed by atoms with Gasteiger partial charge in [-0.25, -0.2) is 9.97 Å². The first-order valence-corrected chi connectivity index (χ1v) is 9.75. The van der Waals surface area contributed by atoms with E-state index in [9.17, 15) is 4.79 Å². The first kappa shape index (κ1) is 17.7. The molecule has 5 nitrogen and oxygen atoms in total. The fourth-order valence-corrected chi connectivity index (χ4v) is 4.06. The van der Waals surface area contributed by atoms with Crippen molar-refractivity contribution in [3.63, 3.8) is 0 Å². The summed E-state index contributed by atoms with van der Waals surface area (Å²) in [4.78, 5) is 22.0. The number of imidazole rings is 1. The summed E-state index contributed by atoms with van der Waals surface area (Å²) >= 11 is 7.61. The van der Waals surface area contributed by atoms with Crippen molar-refractivity contribution in [2.24, 2.45) is 0 Å². The molecule has 3 heterocycles. The number of ketones is 1. The van der Waals surface area contributed by atoms with Crippen molar-refractivity contribution in [2.75, 3.05) is 5.32 Å². The Morgan fingerprint density at radius 2 is 2.15 bits per heavy atom. The van der Waals surface area contributed by atoms with E-state index in [0.29, 0.717) is 17.0 Å². The molecule has 4 aromatic rings. The number of benzene rings is 1. The second-order valence-corrected chi connectivity index (χ2v) is 7.60. The summed E-state index contributed by atoms with van der Waals surface area (Å²) in [5.74, 6) is 0.124. The zero-order chi connectivity index (χ0) is 19.0. The summed E-state index contributed by atoms with van der Waals surface area (Å²) in [7, 11) is 0. The predicted molar refractivity (Wildman–Crippen MR) is 110 cm³/mol. The number of Topliss-reactive ketones (excluding diaryl/α,β-unsaturated/α-hetero) is 1. The molecule has 0 fully saturated rings. The number of hydrogen-bond donors (Lipinski definition) is 1. The van der Waals surface area contributed by atoms with E-state index in [1.54, 1.807) is 0 Å². The monoisotopic (exact) mass is 396 g/mol. The van der Waals surface area contributed by atoms with Crippen LogP contribution in [-0.4, -0.2) is 20.2 Å². The van der Waals surface area contributed by atoms with Crippen molar-refractivity contribution in [1.29, 1.82) is 0 Å². The molecule has 1 aromatic carbocycles. The smallest absolute Gasteiger partial charge is 0.187 e. The van der Waals surface area contributed by atoms with Crippen molar-refractivity contribution in [1.82, 2.24) is 14.4 Å². The summed E-state index contributed by atoms with van der Waals surface area (Å²) in [6, 6.07) is 11.2. The maximum atomic E-state index is 11.9. The number of nitrogens with zero attached hydrogens (tertiary/aromatic N) is 3. The molecule has 1 N–H and O–H groups in total. The van der Waals surface area contributed by atoms with E-state index in [2.05, 4.69) is 15.3 Å². The Morgan fingerprint density at radius 1 is 1.30 bits per heavy atom. The maximum absolute atomic E-state index is 11.9. The highest BCUT2D eigenvalue weighted by molar-refractivity contribution is 7.18. The lowest BCUT2D eigenvalue weighted by Crippen LogP contribution is -1.97. The van der Waals surface area contributed by atoms with Crippen LogP contribution in [0.1, 0.15) is 29.4 Å². The van der Waals surface area contributed by atoms with Crippen molar-refractivity contribution >= 4 is 45.2 Å². The first-order valence-electron chi connectivity index (χ1n) is 8.56. The molecule has 0 bridgehead atoms. The third kappa shape index (κ3) is 3.46. The Bertz CT molecular complexity index is 1150. The van der Waals surface area contributed by atoms with Gasteiger partial charge in [0.05, 0.1) is 16.3 Å². The van der Waals surface area contributed by atoms with Gasteiger partial charge in [-0.05, 0) is 25.1 Å². The number of thiazole rings is 1. The Kier molecular flexibility index (Phi) is 4.68. The zero-order valence-electron chi connectivity index (χ0n) is 14.9. The van der Waals surface area contributed by atoms with Crippen LogP contribution < -0.4 is 5.32 Å². The summed E-state index contributed by atoms with van der Waals surface area (Å²) in [6.45, 7) is 3.84. The van der Waals surface area contributed by atoms with Crippen molar-refractivity contribution in [3.8, 4) is 10.6 Å². The van der Waals surface area contributed by atoms with Gasteiger partial charge in [0, 0.05) is 41.2 Å². The van der Waals surface area contributed by atoms with Gasteiger partial charge in [-0.1, -0.05) is 42.0 Å². The Hall–Kier alpha value is -2.70. The number of anilines is 2. The molecule has 0 aliphatic carbocycles. The van der Waals surface area contributed by atoms with Crippen LogP contribution in [0.15, 0.2) is 48.8 Å². The minimum Gasteiger partial charge on any atom is -0.332 e. The lowest BCUT2D eigenvalue weighted by atomic mass is 10.1. The number of nitrogens with one attached hydrogen (secondary N) is 1. The highest BCUT2D eigenvalue weighted by Gasteiger charge is 2.14. The van der Waals surface area contributed by atoms with Crippen LogP contribution in [0, 0.1) is 6.92 Å². The molecule has 4 rings (SSSR count). The number of hydrogen-bond acceptors (Lipinski definition) is 5. The van der Waals surface area contributed by atoms with Crippen LogP contribution in [-0.2, 0) is 0 Å². The minimum atomic E-state index is 0.124. The number of carbonyl (C=O) groups is 1. The van der Waals surface area contributed by atoms with Crippen LogP contribution in [0.5, 0.6) is 0 Å². The largest absolute Gasteiger partial charge is 0.332 e. The van der Waals surface area contributed by atoms with Gasteiger partial charge in [0.15, 0.2) is 10.9 Å². The maximum Gasteiger partial charge on any atom is 0.187 e. The molecule has 136 valence electrons. The number of carbonyl (C=O) groups excluding carboxylic acids is 1. The summed E-state index contributed by atoms with van der Waals surface area (Å²) < 4.78 is 2.01. The molecule has 0 unspecified atom stereocenters. The average molecular weight is 397 g/mol. The van der Waals surface area contributed by atoms with Crippen LogP contribution >= 0.6 is 22.9 Å². The van der Waals surface area contributed by atoms with Gasteiger partial charge in [0.25, 0.3) is 0 Å². The fraction of sp³-hybridized carbons (Fsp3) is 0.150. The quantitative estimate of drug-likeness (QED) is 0.436. The van der Waals surface area contributed by atoms with E-state index in [1.807, 2.05) is 67.0 Å². The molecule has 0 saturated heterocycles. The molecule has 0 saturated carbocycles. The summed E-state index contributed by atoms with van der Waals surface area (Å²) in [5.41, 5.74) is 4.28. The topological polar surface area (TPSA) is 59.3 Å². The molecule has 0 atom stereocenters. The highest BCUT2D eigenvalue weighted by atomic mass is 35.5. The molecular weight excluding hydrogens is 380 g/mol. The first-order chi connectivity index (χ1) is 13.0. The molecule has 3 aromatic heterocycles. The van der Waals surface area contributed by atoms with Gasteiger partial charge >= 0.3 is 0 Å². The third-order valence-corrected chi connectivity index (χ3v) is 5.41. The van der Waals surface area contributed by atoms with Gasteiger partial charge in [-0.15, -0.1) is 0 Å². The Balaban J connectivity index is 1.65. The summed E-state index contributed by atoms with van der Waals surface area (Å²) in [5, 5.41) is 4.70. The number of pyridine rings is 1. The minimum absolute atomic E-state index is 0.124. The lowest BCUT2D eigenvalue weighted by molar-refractivity contribution is 0.0988. The molecular formula is C20H17ClN4OS. The highest BCUT2D eigenvalue weighted by Crippen LogP contribution is 2.33. The molecule has 0 amide bonds. The molecule has 0 radical (unpaired) electrons. The zero-order valence-corrected chi connectivity index (χ0v) is 16.4. The van der Waals surface area contributed by atoms with Crippen molar-refractivity contribution in [3.05, 3.63) is 65.1 Å². The molecule has 0 spiro atoms. The van der Waals surface area contributed by atoms with E-state index in [0.717, 1.165) is 32.7 Å². The van der Waals surface area contributed by atoms with E-state index in [4.69, 9.17) is 11.6 Å². The van der Waals surface area contributed by atoms with Crippen LogP contribution in [0.2, 0.25) is 5.02 Å². The van der Waals surface area contributed by atoms with Gasteiger partial charge in [0.2, 0.25) is 0 Å². The van der Waals surface area contributed by atoms with Gasteiger partial charge < -0.3 is 5.32 Å². The van der Waals surface area contributed by atoms with Gasteiger partial charge in [-0.3, -0.25) is 9.20 Å². The van der Waals surface area contributed by atoms with E-state index >= 15 is 0 Å². The van der Waals surface area contributed by atoms with Crippen LogP contribution in [0.3, 0.4) is 0 Å². The lowest BCUT2D eigenvalue weighted by Gasteiger charge is -2.04. The van der Waals surface area contributed by atoms with E-state index < -0.39 is 0 Å². The summed E-state index contributed by atoms with van der Waals surface area (Å²) in [6.07, 6.45) is 4.24. The standard InChI is InChI=1S/C20H17ClN4OS/c1-3-16(26)13-5-4-6-15(9-13)24-20-22-11-17(27-20)19-12(2)23-18-10-14(21)7-8-25(18)19/h4-11H,3H2,1-2H3,(H,22,24). The fourth-order valence-electron chi connectivity index (χ4n) is 2.97. The van der Waals surface area contributed by atoms with Gasteiger partial charge in [-0.2, -0.15) is 0 Å². The van der Waals surface area contributed by atoms with Crippen LogP contribution in [0.25, 0.3) is 16.2 Å². The molecule has 7 heteroatoms. The number of fused-ring (bicyclic) bond motifs is 1. The molecule has 0 aliphatic heterocycles. The van der Waals surface area contributed by atoms with Gasteiger partial charge in [0.1, 0.15) is 5.65 Å². The Labute approximate surface area is 165 Å². The number of rotatable bonds is 5.